The van der Waals surface area contributed by atoms with Gasteiger partial charge in [-0.1, -0.05) is 13.0 Å². The fourth-order valence-electron chi connectivity index (χ4n) is 9.34. The Labute approximate surface area is 201 Å². The van der Waals surface area contributed by atoms with Crippen molar-refractivity contribution in [1.82, 2.24) is 4.90 Å². The molecule has 1 unspecified atom stereocenters. The van der Waals surface area contributed by atoms with E-state index in [1.54, 1.807) is 19.6 Å². The first kappa shape index (κ1) is 21.3. The van der Waals surface area contributed by atoms with Crippen LogP contribution in [0.25, 0.3) is 0 Å². The van der Waals surface area contributed by atoms with Crippen molar-refractivity contribution in [2.24, 2.45) is 10.8 Å². The number of fused-ring (bicyclic) bond motifs is 2. The monoisotopic (exact) mass is 465 g/mol. The third-order valence-electron chi connectivity index (χ3n) is 10.6. The van der Waals surface area contributed by atoms with Crippen molar-refractivity contribution in [2.75, 3.05) is 34.4 Å². The van der Waals surface area contributed by atoms with Crippen LogP contribution in [0.5, 0.6) is 11.5 Å². The zero-order valence-corrected chi connectivity index (χ0v) is 20.7. The van der Waals surface area contributed by atoms with E-state index in [9.17, 15) is 0 Å². The summed E-state index contributed by atoms with van der Waals surface area (Å²) in [5.41, 5.74) is 3.48. The molecule has 0 N–H and O–H groups in total. The highest BCUT2D eigenvalue weighted by atomic mass is 16.6. The van der Waals surface area contributed by atoms with E-state index in [1.807, 2.05) is 13.2 Å². The lowest BCUT2D eigenvalue weighted by molar-refractivity contribution is -0.313. The minimum Gasteiger partial charge on any atom is -0.493 e. The molecule has 1 saturated heterocycles. The summed E-state index contributed by atoms with van der Waals surface area (Å²) in [6, 6.07) is 6.87. The van der Waals surface area contributed by atoms with Gasteiger partial charge in [-0.25, -0.2) is 0 Å². The van der Waals surface area contributed by atoms with Crippen molar-refractivity contribution < 1.29 is 23.4 Å². The molecule has 6 atom stereocenters. The molecule has 182 valence electrons. The van der Waals surface area contributed by atoms with Crippen molar-refractivity contribution in [3.8, 4) is 11.5 Å². The highest BCUT2D eigenvalue weighted by molar-refractivity contribution is 5.63. The fourth-order valence-corrected chi connectivity index (χ4v) is 9.34. The van der Waals surface area contributed by atoms with Gasteiger partial charge in [0.15, 0.2) is 11.5 Å². The van der Waals surface area contributed by atoms with Crippen LogP contribution in [0.3, 0.4) is 0 Å². The molecular weight excluding hydrogens is 430 g/mol. The average molecular weight is 466 g/mol. The van der Waals surface area contributed by atoms with Crippen LogP contribution < -0.4 is 9.47 Å². The molecule has 0 amide bonds. The maximum atomic E-state index is 7.07. The summed E-state index contributed by atoms with van der Waals surface area (Å²) in [7, 11) is 5.97. The molecule has 0 radical (unpaired) electrons. The summed E-state index contributed by atoms with van der Waals surface area (Å²) in [5.74, 6) is 1.84. The van der Waals surface area contributed by atoms with Crippen molar-refractivity contribution >= 4 is 0 Å². The van der Waals surface area contributed by atoms with E-state index in [2.05, 4.69) is 31.0 Å². The predicted molar refractivity (Wildman–Crippen MR) is 126 cm³/mol. The van der Waals surface area contributed by atoms with E-state index < -0.39 is 5.60 Å². The molecule has 2 aliphatic heterocycles. The molecular formula is C28H35NO5. The third kappa shape index (κ3) is 2.20. The summed E-state index contributed by atoms with van der Waals surface area (Å²) in [6.45, 7) is 4.67. The molecule has 2 spiro atoms. The van der Waals surface area contributed by atoms with E-state index in [0.29, 0.717) is 19.3 Å². The van der Waals surface area contributed by atoms with Crippen molar-refractivity contribution in [3.05, 3.63) is 47.4 Å². The summed E-state index contributed by atoms with van der Waals surface area (Å²) >= 11 is 0. The Morgan fingerprint density at radius 2 is 2.03 bits per heavy atom. The molecule has 3 heterocycles. The minimum atomic E-state index is -0.412. The van der Waals surface area contributed by atoms with Crippen LogP contribution in [0.2, 0.25) is 0 Å². The van der Waals surface area contributed by atoms with Gasteiger partial charge in [0.05, 0.1) is 32.8 Å². The van der Waals surface area contributed by atoms with Gasteiger partial charge >= 0.3 is 0 Å². The first-order valence-corrected chi connectivity index (χ1v) is 12.7. The predicted octanol–water partition coefficient (Wildman–Crippen LogP) is 4.34. The Balaban J connectivity index is 1.38. The van der Waals surface area contributed by atoms with Gasteiger partial charge in [0.2, 0.25) is 0 Å². The molecule has 34 heavy (non-hydrogen) atoms. The van der Waals surface area contributed by atoms with E-state index in [4.69, 9.17) is 23.4 Å². The molecule has 1 aromatic heterocycles. The number of likely N-dealkylation sites (tertiary alicyclic amines) is 1. The Morgan fingerprint density at radius 1 is 1.15 bits per heavy atom. The van der Waals surface area contributed by atoms with Gasteiger partial charge in [0, 0.05) is 40.5 Å². The molecule has 6 heteroatoms. The largest absolute Gasteiger partial charge is 0.493 e. The number of likely N-dealkylation sites (N-methyl/N-ethyl adjacent to an activating group) is 1. The van der Waals surface area contributed by atoms with Crippen LogP contribution in [0.1, 0.15) is 49.3 Å². The van der Waals surface area contributed by atoms with Gasteiger partial charge in [-0.15, -0.1) is 0 Å². The quantitative estimate of drug-likeness (QED) is 0.633. The molecule has 8 rings (SSSR count). The maximum Gasteiger partial charge on any atom is 0.165 e. The zero-order valence-electron chi connectivity index (χ0n) is 20.7. The summed E-state index contributed by atoms with van der Waals surface area (Å²) in [5, 5.41) is 0. The average Bonchev–Trinajstić information content (AvgIpc) is 3.47. The smallest absolute Gasteiger partial charge is 0.165 e. The van der Waals surface area contributed by atoms with Crippen molar-refractivity contribution in [1.29, 1.82) is 0 Å². The SMILES string of the molecule is COc1ccc2c3c1O[C@H]1C4(OC)CC[C@@]5(C[C@]4(C)COCc4ccoc4)[C@@H](C2)N(C)CC[C@]315. The van der Waals surface area contributed by atoms with E-state index in [1.165, 1.54) is 17.5 Å². The number of rotatable bonds is 6. The standard InChI is InChI=1S/C28H35NO5/c1-25(17-33-15-18-7-12-32-14-18)16-26-8-9-28(25,31-4)24-27(26)10-11-29(2)21(26)13-19-5-6-20(30-3)23(34-24)22(19)27/h5-7,12,14,21,24H,8-11,13,15-17H2,1-4H3/t21-,24-,25-,26-,27+,28?/m1/s1. The highest BCUT2D eigenvalue weighted by Gasteiger charge is 2.82. The lowest BCUT2D eigenvalue weighted by Gasteiger charge is -2.76. The molecule has 6 aliphatic rings. The molecule has 3 saturated carbocycles. The van der Waals surface area contributed by atoms with E-state index >= 15 is 0 Å². The third-order valence-corrected chi connectivity index (χ3v) is 10.6. The summed E-state index contributed by atoms with van der Waals surface area (Å²) < 4.78 is 31.2. The number of furan rings is 1. The number of piperidine rings is 1. The number of methoxy groups -OCH3 is 2. The van der Waals surface area contributed by atoms with E-state index in [0.717, 1.165) is 49.3 Å². The van der Waals surface area contributed by atoms with Gasteiger partial charge in [-0.3, -0.25) is 0 Å². The second-order valence-corrected chi connectivity index (χ2v) is 11.7. The van der Waals surface area contributed by atoms with Crippen LogP contribution in [-0.4, -0.2) is 57.1 Å². The van der Waals surface area contributed by atoms with Crippen LogP contribution in [0.15, 0.2) is 35.1 Å². The van der Waals surface area contributed by atoms with Gasteiger partial charge in [0.1, 0.15) is 11.7 Å². The van der Waals surface area contributed by atoms with Crippen LogP contribution in [-0.2, 0) is 27.9 Å². The lowest BCUT2D eigenvalue weighted by atomic mass is 9.32. The Bertz CT molecular complexity index is 1130. The normalized spacial score (nSPS) is 41.3. The van der Waals surface area contributed by atoms with Crippen LogP contribution >= 0.6 is 0 Å². The maximum absolute atomic E-state index is 7.07. The number of ether oxygens (including phenoxy) is 4. The zero-order chi connectivity index (χ0) is 23.3. The second-order valence-electron chi connectivity index (χ2n) is 11.7. The Morgan fingerprint density at radius 3 is 2.79 bits per heavy atom. The molecule has 4 fully saturated rings. The fraction of sp³-hybridized carbons (Fsp3) is 0.643. The molecule has 1 aromatic carbocycles. The highest BCUT2D eigenvalue weighted by Crippen LogP contribution is 2.78. The topological polar surface area (TPSA) is 53.3 Å². The first-order chi connectivity index (χ1) is 16.4. The number of hydrogen-bond acceptors (Lipinski definition) is 6. The Kier molecular flexibility index (Phi) is 4.26. The molecule has 4 aliphatic carbocycles. The van der Waals surface area contributed by atoms with Gasteiger partial charge in [0.25, 0.3) is 0 Å². The summed E-state index contributed by atoms with van der Waals surface area (Å²) in [6.07, 6.45) is 8.87. The van der Waals surface area contributed by atoms with Crippen LogP contribution in [0, 0.1) is 10.8 Å². The lowest BCUT2D eigenvalue weighted by Crippen LogP contribution is -2.83. The van der Waals surface area contributed by atoms with E-state index in [-0.39, 0.29) is 22.3 Å². The summed E-state index contributed by atoms with van der Waals surface area (Å²) in [4.78, 5) is 2.63. The molecule has 6 nitrogen and oxygen atoms in total. The van der Waals surface area contributed by atoms with Gasteiger partial charge in [-0.2, -0.15) is 0 Å². The minimum absolute atomic E-state index is 0.0278. The van der Waals surface area contributed by atoms with Gasteiger partial charge in [-0.05, 0) is 63.4 Å². The number of hydrogen-bond donors (Lipinski definition) is 0. The second kappa shape index (κ2) is 6.80. The van der Waals surface area contributed by atoms with Gasteiger partial charge < -0.3 is 28.3 Å². The Hall–Kier alpha value is -2.02. The number of benzene rings is 1. The molecule has 4 bridgehead atoms. The van der Waals surface area contributed by atoms with Crippen molar-refractivity contribution in [2.45, 2.75) is 68.8 Å². The van der Waals surface area contributed by atoms with Crippen LogP contribution in [0.4, 0.5) is 0 Å². The number of nitrogens with zero attached hydrogens (tertiary/aromatic N) is 1. The first-order valence-electron chi connectivity index (χ1n) is 12.7. The van der Waals surface area contributed by atoms with Crippen molar-refractivity contribution in [3.63, 3.8) is 0 Å². The molecule has 2 aromatic rings.